The number of carbonyl (C=O) groups is 1. The largest absolute Gasteiger partial charge is 0.497 e. The van der Waals surface area contributed by atoms with E-state index in [0.29, 0.717) is 0 Å². The molecule has 22 heavy (non-hydrogen) atoms. The van der Waals surface area contributed by atoms with Gasteiger partial charge in [-0.3, -0.25) is 4.79 Å². The Hall–Kier alpha value is -2.40. The highest BCUT2D eigenvalue weighted by molar-refractivity contribution is 9.10. The molecule has 1 amide bonds. The molecule has 0 bridgehead atoms. The van der Waals surface area contributed by atoms with Crippen molar-refractivity contribution in [3.05, 3.63) is 70.2 Å². The van der Waals surface area contributed by atoms with Crippen molar-refractivity contribution in [2.24, 2.45) is 5.10 Å². The van der Waals surface area contributed by atoms with Gasteiger partial charge in [-0.15, -0.1) is 0 Å². The Morgan fingerprint density at radius 1 is 1.09 bits per heavy atom. The van der Waals surface area contributed by atoms with Crippen LogP contribution in [0.4, 0.5) is 0 Å². The third-order valence-corrected chi connectivity index (χ3v) is 3.33. The van der Waals surface area contributed by atoms with Gasteiger partial charge in [-0.2, -0.15) is 5.10 Å². The van der Waals surface area contributed by atoms with Crippen LogP contribution in [0.3, 0.4) is 0 Å². The van der Waals surface area contributed by atoms with Crippen LogP contribution >= 0.6 is 15.9 Å². The van der Waals surface area contributed by atoms with Crippen LogP contribution in [0, 0.1) is 0 Å². The van der Waals surface area contributed by atoms with E-state index in [1.165, 1.54) is 6.08 Å². The molecule has 0 saturated carbocycles. The summed E-state index contributed by atoms with van der Waals surface area (Å²) >= 11 is 3.36. The average molecular weight is 359 g/mol. The minimum absolute atomic E-state index is 0.288. The van der Waals surface area contributed by atoms with Crippen molar-refractivity contribution < 1.29 is 9.53 Å². The fourth-order valence-corrected chi connectivity index (χ4v) is 1.91. The lowest BCUT2D eigenvalue weighted by molar-refractivity contribution is -0.116. The number of ether oxygens (including phenoxy) is 1. The maximum Gasteiger partial charge on any atom is 0.264 e. The first-order valence-corrected chi connectivity index (χ1v) is 7.37. The molecule has 112 valence electrons. The van der Waals surface area contributed by atoms with E-state index in [2.05, 4.69) is 26.5 Å². The van der Waals surface area contributed by atoms with E-state index in [4.69, 9.17) is 4.74 Å². The highest BCUT2D eigenvalue weighted by atomic mass is 79.9. The van der Waals surface area contributed by atoms with Crippen LogP contribution in [-0.4, -0.2) is 19.2 Å². The van der Waals surface area contributed by atoms with Crippen molar-refractivity contribution in [1.29, 1.82) is 0 Å². The summed E-state index contributed by atoms with van der Waals surface area (Å²) in [4.78, 5) is 11.6. The van der Waals surface area contributed by atoms with Crippen LogP contribution in [0.15, 0.2) is 64.2 Å². The Kier molecular flexibility index (Phi) is 5.91. The first-order chi connectivity index (χ1) is 10.7. The fourth-order valence-electron chi connectivity index (χ4n) is 1.64. The third-order valence-electron chi connectivity index (χ3n) is 2.80. The summed E-state index contributed by atoms with van der Waals surface area (Å²) in [6.45, 7) is 0. The topological polar surface area (TPSA) is 50.7 Å². The molecule has 1 N–H and O–H groups in total. The SMILES string of the molecule is COc1ccc(/C=C/C(=O)N/N=C\c2ccc(Br)cc2)cc1. The number of rotatable bonds is 5. The molecule has 0 unspecified atom stereocenters. The molecule has 2 rings (SSSR count). The van der Waals surface area contributed by atoms with E-state index < -0.39 is 0 Å². The molecular weight excluding hydrogens is 344 g/mol. The molecule has 4 nitrogen and oxygen atoms in total. The molecule has 0 radical (unpaired) electrons. The lowest BCUT2D eigenvalue weighted by atomic mass is 10.2. The third kappa shape index (κ3) is 5.18. The molecular formula is C17H15BrN2O2. The van der Waals surface area contributed by atoms with Gasteiger partial charge in [-0.25, -0.2) is 5.43 Å². The van der Waals surface area contributed by atoms with Crippen LogP contribution in [0.1, 0.15) is 11.1 Å². The molecule has 2 aromatic rings. The number of amides is 1. The summed E-state index contributed by atoms with van der Waals surface area (Å²) in [7, 11) is 1.61. The molecule has 2 aromatic carbocycles. The standard InChI is InChI=1S/C17H15BrN2O2/c1-22-16-9-4-13(5-10-16)6-11-17(21)20-19-12-14-2-7-15(18)8-3-14/h2-12H,1H3,(H,20,21)/b11-6+,19-12-. The van der Waals surface area contributed by atoms with Gasteiger partial charge in [0.2, 0.25) is 0 Å². The number of hydrazone groups is 1. The number of methoxy groups -OCH3 is 1. The molecule has 5 heteroatoms. The lowest BCUT2D eigenvalue weighted by Gasteiger charge is -1.99. The van der Waals surface area contributed by atoms with Crippen LogP contribution in [0.5, 0.6) is 5.75 Å². The Morgan fingerprint density at radius 3 is 2.36 bits per heavy atom. The summed E-state index contributed by atoms with van der Waals surface area (Å²) in [5.74, 6) is 0.491. The highest BCUT2D eigenvalue weighted by Gasteiger charge is 1.94. The smallest absolute Gasteiger partial charge is 0.264 e. The predicted octanol–water partition coefficient (Wildman–Crippen LogP) is 3.62. The molecule has 0 aliphatic carbocycles. The Balaban J connectivity index is 1.86. The van der Waals surface area contributed by atoms with E-state index in [0.717, 1.165) is 21.3 Å². The minimum atomic E-state index is -0.288. The van der Waals surface area contributed by atoms with E-state index in [1.807, 2.05) is 48.5 Å². The maximum atomic E-state index is 11.6. The van der Waals surface area contributed by atoms with Gasteiger partial charge in [0.1, 0.15) is 5.75 Å². The van der Waals surface area contributed by atoms with Crippen molar-refractivity contribution in [1.82, 2.24) is 5.43 Å². The average Bonchev–Trinajstić information content (AvgIpc) is 2.55. The number of benzene rings is 2. The molecule has 0 aromatic heterocycles. The summed E-state index contributed by atoms with van der Waals surface area (Å²) < 4.78 is 6.07. The van der Waals surface area contributed by atoms with Crippen molar-refractivity contribution in [3.63, 3.8) is 0 Å². The van der Waals surface area contributed by atoms with E-state index in [1.54, 1.807) is 19.4 Å². The number of nitrogens with zero attached hydrogens (tertiary/aromatic N) is 1. The second kappa shape index (κ2) is 8.14. The van der Waals surface area contributed by atoms with Gasteiger partial charge < -0.3 is 4.74 Å². The Bertz CT molecular complexity index is 677. The zero-order valence-electron chi connectivity index (χ0n) is 12.0. The Morgan fingerprint density at radius 2 is 1.73 bits per heavy atom. The van der Waals surface area contributed by atoms with Crippen molar-refractivity contribution in [2.45, 2.75) is 0 Å². The lowest BCUT2D eigenvalue weighted by Crippen LogP contribution is -2.14. The van der Waals surface area contributed by atoms with Gasteiger partial charge in [0, 0.05) is 10.5 Å². The Labute approximate surface area is 137 Å². The molecule has 0 atom stereocenters. The van der Waals surface area contributed by atoms with Crippen LogP contribution in [0.25, 0.3) is 6.08 Å². The number of carbonyl (C=O) groups excluding carboxylic acids is 1. The number of hydrogen-bond donors (Lipinski definition) is 1. The zero-order chi connectivity index (χ0) is 15.8. The van der Waals surface area contributed by atoms with Crippen LogP contribution in [-0.2, 0) is 4.79 Å². The van der Waals surface area contributed by atoms with Crippen molar-refractivity contribution in [2.75, 3.05) is 7.11 Å². The summed E-state index contributed by atoms with van der Waals surface area (Å²) in [6, 6.07) is 15.0. The number of halogens is 1. The molecule has 0 fully saturated rings. The van der Waals surface area contributed by atoms with Gasteiger partial charge in [0.15, 0.2) is 0 Å². The molecule has 0 aliphatic rings. The molecule has 0 heterocycles. The molecule has 0 aliphatic heterocycles. The first kappa shape index (κ1) is 16.0. The van der Waals surface area contributed by atoms with Gasteiger partial charge in [0.05, 0.1) is 13.3 Å². The second-order valence-electron chi connectivity index (χ2n) is 4.39. The zero-order valence-corrected chi connectivity index (χ0v) is 13.6. The van der Waals surface area contributed by atoms with E-state index in [9.17, 15) is 4.79 Å². The molecule has 0 saturated heterocycles. The van der Waals surface area contributed by atoms with Gasteiger partial charge >= 0.3 is 0 Å². The van der Waals surface area contributed by atoms with Gasteiger partial charge in [0.25, 0.3) is 5.91 Å². The summed E-state index contributed by atoms with van der Waals surface area (Å²) in [5, 5.41) is 3.90. The monoisotopic (exact) mass is 358 g/mol. The predicted molar refractivity (Wildman–Crippen MR) is 91.9 cm³/mol. The van der Waals surface area contributed by atoms with Crippen molar-refractivity contribution in [3.8, 4) is 5.75 Å². The quantitative estimate of drug-likeness (QED) is 0.504. The number of hydrogen-bond acceptors (Lipinski definition) is 3. The summed E-state index contributed by atoms with van der Waals surface area (Å²) in [6.07, 6.45) is 4.73. The van der Waals surface area contributed by atoms with Crippen molar-refractivity contribution >= 4 is 34.1 Å². The maximum absolute atomic E-state index is 11.6. The number of nitrogens with one attached hydrogen (secondary N) is 1. The fraction of sp³-hybridized carbons (Fsp3) is 0.0588. The summed E-state index contributed by atoms with van der Waals surface area (Å²) in [5.41, 5.74) is 4.26. The van der Waals surface area contributed by atoms with Crippen LogP contribution in [0.2, 0.25) is 0 Å². The van der Waals surface area contributed by atoms with Gasteiger partial charge in [-0.1, -0.05) is 40.2 Å². The van der Waals surface area contributed by atoms with Gasteiger partial charge in [-0.05, 0) is 41.5 Å². The first-order valence-electron chi connectivity index (χ1n) is 6.58. The second-order valence-corrected chi connectivity index (χ2v) is 5.31. The highest BCUT2D eigenvalue weighted by Crippen LogP contribution is 2.12. The molecule has 0 spiro atoms. The van der Waals surface area contributed by atoms with E-state index in [-0.39, 0.29) is 5.91 Å². The van der Waals surface area contributed by atoms with Crippen LogP contribution < -0.4 is 10.2 Å². The minimum Gasteiger partial charge on any atom is -0.497 e. The van der Waals surface area contributed by atoms with E-state index >= 15 is 0 Å². The normalized spacial score (nSPS) is 11.0.